The largest absolute Gasteiger partial charge is 0.380 e. The van der Waals surface area contributed by atoms with Crippen LogP contribution in [0.15, 0.2) is 24.3 Å². The van der Waals surface area contributed by atoms with Crippen LogP contribution < -0.4 is 10.6 Å². The second kappa shape index (κ2) is 8.82. The third-order valence-electron chi connectivity index (χ3n) is 3.71. The van der Waals surface area contributed by atoms with Crippen molar-refractivity contribution in [1.29, 1.82) is 0 Å². The molecule has 0 bridgehead atoms. The molecule has 5 nitrogen and oxygen atoms in total. The summed E-state index contributed by atoms with van der Waals surface area (Å²) in [7, 11) is 0. The number of benzene rings is 1. The Balaban J connectivity index is 1.91. The Morgan fingerprint density at radius 2 is 2.41 bits per heavy atom. The van der Waals surface area contributed by atoms with Crippen LogP contribution in [-0.4, -0.2) is 56.7 Å². The summed E-state index contributed by atoms with van der Waals surface area (Å²) < 4.78 is 18.6. The first-order chi connectivity index (χ1) is 10.7. The number of nitrogens with zero attached hydrogens (tertiary/aromatic N) is 1. The molecule has 1 atom stereocenters. The maximum Gasteiger partial charge on any atom is 0.234 e. The van der Waals surface area contributed by atoms with E-state index in [2.05, 4.69) is 15.5 Å². The van der Waals surface area contributed by atoms with E-state index in [-0.39, 0.29) is 17.8 Å². The second-order valence-electron chi connectivity index (χ2n) is 5.29. The van der Waals surface area contributed by atoms with Crippen LogP contribution in [0.2, 0.25) is 0 Å². The van der Waals surface area contributed by atoms with Gasteiger partial charge in [-0.1, -0.05) is 12.1 Å². The molecule has 0 spiro atoms. The Morgan fingerprint density at radius 1 is 1.55 bits per heavy atom. The number of hydrogen-bond donors (Lipinski definition) is 2. The molecule has 1 aliphatic rings. The van der Waals surface area contributed by atoms with E-state index in [4.69, 9.17) is 4.74 Å². The first kappa shape index (κ1) is 16.9. The maximum absolute atomic E-state index is 13.4. The minimum atomic E-state index is -0.246. The summed E-state index contributed by atoms with van der Waals surface area (Å²) in [6.07, 6.45) is 0. The fourth-order valence-corrected chi connectivity index (χ4v) is 2.63. The van der Waals surface area contributed by atoms with Crippen LogP contribution in [0.25, 0.3) is 0 Å². The zero-order valence-electron chi connectivity index (χ0n) is 13.0. The molecule has 22 heavy (non-hydrogen) atoms. The van der Waals surface area contributed by atoms with Gasteiger partial charge in [0.25, 0.3) is 0 Å². The van der Waals surface area contributed by atoms with Gasteiger partial charge in [0, 0.05) is 38.8 Å². The summed E-state index contributed by atoms with van der Waals surface area (Å²) in [6.45, 7) is 6.24. The molecule has 1 amide bonds. The predicted molar refractivity (Wildman–Crippen MR) is 83.1 cm³/mol. The molecule has 1 saturated heterocycles. The van der Waals surface area contributed by atoms with E-state index in [0.29, 0.717) is 26.3 Å². The SMILES string of the molecule is CCOCCNC(=O)CN1CCNCC1c1cccc(F)c1. The molecule has 1 aliphatic heterocycles. The number of carbonyl (C=O) groups excluding carboxylic acids is 1. The first-order valence-corrected chi connectivity index (χ1v) is 7.75. The molecule has 0 aromatic heterocycles. The van der Waals surface area contributed by atoms with Gasteiger partial charge >= 0.3 is 0 Å². The van der Waals surface area contributed by atoms with E-state index < -0.39 is 0 Å². The monoisotopic (exact) mass is 309 g/mol. The molecule has 2 rings (SSSR count). The lowest BCUT2D eigenvalue weighted by atomic mass is 10.0. The minimum absolute atomic E-state index is 0.0158. The first-order valence-electron chi connectivity index (χ1n) is 7.75. The molecule has 1 aromatic rings. The van der Waals surface area contributed by atoms with Gasteiger partial charge in [0.15, 0.2) is 0 Å². The zero-order valence-corrected chi connectivity index (χ0v) is 13.0. The van der Waals surface area contributed by atoms with Crippen molar-refractivity contribution in [3.63, 3.8) is 0 Å². The highest BCUT2D eigenvalue weighted by molar-refractivity contribution is 5.78. The summed E-state index contributed by atoms with van der Waals surface area (Å²) in [5.74, 6) is -0.271. The van der Waals surface area contributed by atoms with E-state index in [1.54, 1.807) is 6.07 Å². The van der Waals surface area contributed by atoms with Crippen molar-refractivity contribution >= 4 is 5.91 Å². The van der Waals surface area contributed by atoms with Gasteiger partial charge in [0.2, 0.25) is 5.91 Å². The zero-order chi connectivity index (χ0) is 15.8. The number of rotatable bonds is 7. The highest BCUT2D eigenvalue weighted by atomic mass is 19.1. The Kier molecular flexibility index (Phi) is 6.76. The maximum atomic E-state index is 13.4. The Bertz CT molecular complexity index is 484. The van der Waals surface area contributed by atoms with E-state index in [0.717, 1.165) is 25.2 Å². The Morgan fingerprint density at radius 3 is 3.18 bits per heavy atom. The van der Waals surface area contributed by atoms with Gasteiger partial charge in [-0.2, -0.15) is 0 Å². The summed E-state index contributed by atoms with van der Waals surface area (Å²) >= 11 is 0. The summed E-state index contributed by atoms with van der Waals surface area (Å²) in [5, 5.41) is 6.15. The van der Waals surface area contributed by atoms with Crippen molar-refractivity contribution < 1.29 is 13.9 Å². The van der Waals surface area contributed by atoms with Crippen LogP contribution in [0, 0.1) is 5.82 Å². The predicted octanol–water partition coefficient (Wildman–Crippen LogP) is 0.925. The average molecular weight is 309 g/mol. The lowest BCUT2D eigenvalue weighted by Gasteiger charge is -2.36. The van der Waals surface area contributed by atoms with Crippen LogP contribution in [-0.2, 0) is 9.53 Å². The topological polar surface area (TPSA) is 53.6 Å². The molecule has 1 aromatic carbocycles. The summed E-state index contributed by atoms with van der Waals surface area (Å²) in [6, 6.07) is 6.60. The third kappa shape index (κ3) is 5.05. The normalized spacial score (nSPS) is 19.1. The van der Waals surface area contributed by atoms with Crippen LogP contribution in [0.4, 0.5) is 4.39 Å². The molecule has 1 heterocycles. The third-order valence-corrected chi connectivity index (χ3v) is 3.71. The van der Waals surface area contributed by atoms with E-state index >= 15 is 0 Å². The second-order valence-corrected chi connectivity index (χ2v) is 5.29. The van der Waals surface area contributed by atoms with Gasteiger partial charge in [-0.15, -0.1) is 0 Å². The molecular weight excluding hydrogens is 285 g/mol. The van der Waals surface area contributed by atoms with Gasteiger partial charge in [-0.3, -0.25) is 9.69 Å². The van der Waals surface area contributed by atoms with Gasteiger partial charge in [0.1, 0.15) is 5.82 Å². The van der Waals surface area contributed by atoms with Crippen molar-refractivity contribution in [3.05, 3.63) is 35.6 Å². The van der Waals surface area contributed by atoms with Gasteiger partial charge in [-0.05, 0) is 24.6 Å². The molecule has 6 heteroatoms. The van der Waals surface area contributed by atoms with Gasteiger partial charge < -0.3 is 15.4 Å². The number of ether oxygens (including phenoxy) is 1. The lowest BCUT2D eigenvalue weighted by Crippen LogP contribution is -2.49. The van der Waals surface area contributed by atoms with Crippen molar-refractivity contribution in [2.75, 3.05) is 45.9 Å². The fourth-order valence-electron chi connectivity index (χ4n) is 2.63. The molecule has 0 radical (unpaired) electrons. The van der Waals surface area contributed by atoms with Crippen LogP contribution in [0.5, 0.6) is 0 Å². The number of carbonyl (C=O) groups is 1. The van der Waals surface area contributed by atoms with E-state index in [9.17, 15) is 9.18 Å². The van der Waals surface area contributed by atoms with Crippen molar-refractivity contribution in [2.45, 2.75) is 13.0 Å². The Hall–Kier alpha value is -1.50. The smallest absolute Gasteiger partial charge is 0.234 e. The van der Waals surface area contributed by atoms with Gasteiger partial charge in [0.05, 0.1) is 13.2 Å². The molecular formula is C16H24FN3O2. The number of hydrogen-bond acceptors (Lipinski definition) is 4. The fraction of sp³-hybridized carbons (Fsp3) is 0.562. The Labute approximate surface area is 130 Å². The molecule has 1 unspecified atom stereocenters. The summed E-state index contributed by atoms with van der Waals surface area (Å²) in [4.78, 5) is 14.1. The van der Waals surface area contributed by atoms with Crippen LogP contribution in [0.3, 0.4) is 0 Å². The molecule has 0 aliphatic carbocycles. The lowest BCUT2D eigenvalue weighted by molar-refractivity contribution is -0.123. The van der Waals surface area contributed by atoms with E-state index in [1.807, 2.05) is 13.0 Å². The average Bonchev–Trinajstić information content (AvgIpc) is 2.52. The van der Waals surface area contributed by atoms with Crippen molar-refractivity contribution in [3.8, 4) is 0 Å². The summed E-state index contributed by atoms with van der Waals surface area (Å²) in [5.41, 5.74) is 0.898. The number of piperazine rings is 1. The van der Waals surface area contributed by atoms with E-state index in [1.165, 1.54) is 12.1 Å². The van der Waals surface area contributed by atoms with Gasteiger partial charge in [-0.25, -0.2) is 4.39 Å². The molecule has 2 N–H and O–H groups in total. The highest BCUT2D eigenvalue weighted by Crippen LogP contribution is 2.22. The van der Waals surface area contributed by atoms with Crippen LogP contribution >= 0.6 is 0 Å². The minimum Gasteiger partial charge on any atom is -0.380 e. The van der Waals surface area contributed by atoms with Crippen LogP contribution in [0.1, 0.15) is 18.5 Å². The number of halogens is 1. The van der Waals surface area contributed by atoms with Crippen molar-refractivity contribution in [1.82, 2.24) is 15.5 Å². The molecule has 122 valence electrons. The standard InChI is InChI=1S/C16H24FN3O2/c1-2-22-9-7-19-16(21)12-20-8-6-18-11-15(20)13-4-3-5-14(17)10-13/h3-5,10,15,18H,2,6-9,11-12H2,1H3,(H,19,21). The number of nitrogens with one attached hydrogen (secondary N) is 2. The molecule has 0 saturated carbocycles. The van der Waals surface area contributed by atoms with Crippen molar-refractivity contribution in [2.24, 2.45) is 0 Å². The molecule has 1 fully saturated rings. The quantitative estimate of drug-likeness (QED) is 0.736. The number of amides is 1. The highest BCUT2D eigenvalue weighted by Gasteiger charge is 2.25.